The molecule has 3 aromatic carbocycles. The van der Waals surface area contributed by atoms with Crippen molar-refractivity contribution >= 4 is 56.9 Å². The van der Waals surface area contributed by atoms with Crippen molar-refractivity contribution in [2.45, 2.75) is 13.5 Å². The third-order valence-electron chi connectivity index (χ3n) is 5.15. The largest absolute Gasteiger partial charge is 0.490 e. The maximum atomic E-state index is 13.0. The average molecular weight is 573 g/mol. The molecule has 11 heteroatoms. The lowest BCUT2D eigenvalue weighted by atomic mass is 10.1. The van der Waals surface area contributed by atoms with Crippen molar-refractivity contribution in [1.29, 1.82) is 0 Å². The van der Waals surface area contributed by atoms with Gasteiger partial charge < -0.3 is 14.8 Å². The Morgan fingerprint density at radius 3 is 2.47 bits per heavy atom. The minimum atomic E-state index is -0.585. The first-order valence-electron chi connectivity index (χ1n) is 10.7. The third-order valence-corrected chi connectivity index (χ3v) is 6.07. The summed E-state index contributed by atoms with van der Waals surface area (Å²) >= 11 is 9.49. The summed E-state index contributed by atoms with van der Waals surface area (Å²) in [4.78, 5) is 36.8. The van der Waals surface area contributed by atoms with Crippen molar-refractivity contribution in [1.82, 2.24) is 5.32 Å². The number of ether oxygens (including phenoxy) is 2. The van der Waals surface area contributed by atoms with E-state index >= 15 is 0 Å². The molecule has 0 atom stereocenters. The van der Waals surface area contributed by atoms with Crippen molar-refractivity contribution in [3.05, 3.63) is 97.1 Å². The molecule has 0 radical (unpaired) electrons. The summed E-state index contributed by atoms with van der Waals surface area (Å²) in [5, 5.41) is 13.8. The Hall–Kier alpha value is -3.89. The van der Waals surface area contributed by atoms with Gasteiger partial charge in [-0.25, -0.2) is 9.69 Å². The molecular weight excluding hydrogens is 554 g/mol. The number of amides is 3. The van der Waals surface area contributed by atoms with E-state index in [1.54, 1.807) is 42.5 Å². The van der Waals surface area contributed by atoms with Gasteiger partial charge in [-0.2, -0.15) is 0 Å². The number of nitrogens with zero attached hydrogens (tertiary/aromatic N) is 2. The van der Waals surface area contributed by atoms with Crippen molar-refractivity contribution in [2.24, 2.45) is 0 Å². The molecule has 1 fully saturated rings. The fourth-order valence-corrected chi connectivity index (χ4v) is 4.08. The topological polar surface area (TPSA) is 111 Å². The lowest BCUT2D eigenvalue weighted by Gasteiger charge is -2.14. The fraction of sp³-hybridized carbons (Fsp3) is 0.120. The van der Waals surface area contributed by atoms with Gasteiger partial charge in [0.05, 0.1) is 17.2 Å². The molecule has 0 spiro atoms. The maximum Gasteiger partial charge on any atom is 0.333 e. The Morgan fingerprint density at radius 2 is 1.81 bits per heavy atom. The van der Waals surface area contributed by atoms with Crippen LogP contribution < -0.4 is 19.7 Å². The van der Waals surface area contributed by atoms with Crippen molar-refractivity contribution < 1.29 is 24.0 Å². The molecule has 1 aliphatic rings. The molecule has 1 heterocycles. The first-order chi connectivity index (χ1) is 17.3. The number of benzene rings is 3. The van der Waals surface area contributed by atoms with Crippen LogP contribution in [0.4, 0.5) is 16.2 Å². The number of halogens is 2. The van der Waals surface area contributed by atoms with E-state index in [2.05, 4.69) is 21.2 Å². The fourth-order valence-electron chi connectivity index (χ4n) is 3.46. The van der Waals surface area contributed by atoms with Gasteiger partial charge in [-0.15, -0.1) is 0 Å². The number of imide groups is 1. The Morgan fingerprint density at radius 1 is 1.08 bits per heavy atom. The van der Waals surface area contributed by atoms with Gasteiger partial charge in [0.2, 0.25) is 0 Å². The van der Waals surface area contributed by atoms with Crippen LogP contribution in [0, 0.1) is 10.1 Å². The molecule has 3 amide bonds. The molecule has 0 aliphatic carbocycles. The van der Waals surface area contributed by atoms with Gasteiger partial charge in [-0.1, -0.05) is 33.6 Å². The highest BCUT2D eigenvalue weighted by Gasteiger charge is 2.35. The summed E-state index contributed by atoms with van der Waals surface area (Å²) in [6, 6.07) is 15.3. The van der Waals surface area contributed by atoms with Crippen molar-refractivity contribution in [3.63, 3.8) is 0 Å². The lowest BCUT2D eigenvalue weighted by molar-refractivity contribution is -0.384. The molecule has 3 aromatic rings. The summed E-state index contributed by atoms with van der Waals surface area (Å²) in [7, 11) is 0. The van der Waals surface area contributed by atoms with Crippen LogP contribution in [0.25, 0.3) is 6.08 Å². The number of hydrogen-bond acceptors (Lipinski definition) is 6. The molecule has 9 nitrogen and oxygen atoms in total. The van der Waals surface area contributed by atoms with E-state index in [4.69, 9.17) is 21.1 Å². The molecule has 1 aliphatic heterocycles. The van der Waals surface area contributed by atoms with Gasteiger partial charge in [0.15, 0.2) is 11.5 Å². The Kier molecular flexibility index (Phi) is 7.56. The highest BCUT2D eigenvalue weighted by Crippen LogP contribution is 2.36. The number of nitrogens with one attached hydrogen (secondary N) is 1. The van der Waals surface area contributed by atoms with Crippen LogP contribution in [0.2, 0.25) is 5.02 Å². The number of urea groups is 1. The molecule has 1 N–H and O–H groups in total. The number of carbonyl (C=O) groups is 2. The molecular formula is C25H19BrClN3O6. The Balaban J connectivity index is 1.57. The first kappa shape index (κ1) is 25.2. The van der Waals surface area contributed by atoms with Crippen LogP contribution in [0.15, 0.2) is 70.8 Å². The number of hydrogen-bond donors (Lipinski definition) is 1. The number of rotatable bonds is 8. The maximum absolute atomic E-state index is 13.0. The minimum Gasteiger partial charge on any atom is -0.490 e. The van der Waals surface area contributed by atoms with Gasteiger partial charge in [-0.3, -0.25) is 14.9 Å². The summed E-state index contributed by atoms with van der Waals surface area (Å²) in [5.41, 5.74) is 1.76. The van der Waals surface area contributed by atoms with Gasteiger partial charge in [0.25, 0.3) is 11.6 Å². The standard InChI is InChI=1S/C25H19BrClN3O6/c1-2-35-22-11-16(10-21-24(31)29(25(32)28-21)19-5-3-4-17(27)12-19)20(26)13-23(22)36-14-15-6-8-18(9-7-15)30(33)34/h3-13H,2,14H2,1H3,(H,28,32)/b21-10+. The number of nitro benzene ring substituents is 1. The number of non-ortho nitro benzene ring substituents is 1. The zero-order chi connectivity index (χ0) is 25.8. The van der Waals surface area contributed by atoms with Gasteiger partial charge in [0.1, 0.15) is 12.3 Å². The van der Waals surface area contributed by atoms with E-state index in [0.717, 1.165) is 10.5 Å². The minimum absolute atomic E-state index is 0.00336. The second-order valence-corrected chi connectivity index (χ2v) is 8.87. The zero-order valence-electron chi connectivity index (χ0n) is 18.9. The molecule has 184 valence electrons. The summed E-state index contributed by atoms with van der Waals surface area (Å²) in [6.07, 6.45) is 1.54. The monoisotopic (exact) mass is 571 g/mol. The number of carbonyl (C=O) groups excluding carboxylic acids is 2. The van der Waals surface area contributed by atoms with E-state index < -0.39 is 16.9 Å². The van der Waals surface area contributed by atoms with Crippen molar-refractivity contribution in [3.8, 4) is 11.5 Å². The van der Waals surface area contributed by atoms with Crippen LogP contribution in [0.3, 0.4) is 0 Å². The van der Waals surface area contributed by atoms with Crippen LogP contribution in [0.1, 0.15) is 18.1 Å². The predicted octanol–water partition coefficient (Wildman–Crippen LogP) is 6.09. The number of nitro groups is 1. The SMILES string of the molecule is CCOc1cc(/C=C2/NC(=O)N(c3cccc(Cl)c3)C2=O)c(Br)cc1OCc1ccc([N+](=O)[O-])cc1. The molecule has 36 heavy (non-hydrogen) atoms. The average Bonchev–Trinajstić information content (AvgIpc) is 3.13. The Bertz CT molecular complexity index is 1380. The van der Waals surface area contributed by atoms with E-state index in [9.17, 15) is 19.7 Å². The molecule has 4 rings (SSSR count). The number of anilines is 1. The van der Waals surface area contributed by atoms with Gasteiger partial charge in [-0.05, 0) is 66.6 Å². The van der Waals surface area contributed by atoms with Crippen LogP contribution >= 0.6 is 27.5 Å². The molecule has 0 aromatic heterocycles. The third kappa shape index (κ3) is 5.50. The summed E-state index contributed by atoms with van der Waals surface area (Å²) in [6.45, 7) is 2.35. The van der Waals surface area contributed by atoms with Crippen molar-refractivity contribution in [2.75, 3.05) is 11.5 Å². The predicted molar refractivity (Wildman–Crippen MR) is 138 cm³/mol. The molecule has 0 unspecified atom stereocenters. The highest BCUT2D eigenvalue weighted by atomic mass is 79.9. The van der Waals surface area contributed by atoms with E-state index in [1.165, 1.54) is 24.3 Å². The lowest BCUT2D eigenvalue weighted by Crippen LogP contribution is -2.30. The second kappa shape index (κ2) is 10.8. The summed E-state index contributed by atoms with van der Waals surface area (Å²) < 4.78 is 12.2. The first-order valence-corrected chi connectivity index (χ1v) is 11.9. The molecule has 1 saturated heterocycles. The summed E-state index contributed by atoms with van der Waals surface area (Å²) in [5.74, 6) is 0.343. The van der Waals surface area contributed by atoms with E-state index in [-0.39, 0.29) is 18.0 Å². The van der Waals surface area contributed by atoms with Crippen LogP contribution in [0.5, 0.6) is 11.5 Å². The smallest absolute Gasteiger partial charge is 0.333 e. The quantitative estimate of drug-likeness (QED) is 0.151. The van der Waals surface area contributed by atoms with Gasteiger partial charge >= 0.3 is 6.03 Å². The normalized spacial score (nSPS) is 14.2. The van der Waals surface area contributed by atoms with Gasteiger partial charge in [0, 0.05) is 21.6 Å². The van der Waals surface area contributed by atoms with E-state index in [0.29, 0.717) is 38.9 Å². The van der Waals surface area contributed by atoms with E-state index in [1.807, 2.05) is 6.92 Å². The molecule has 0 saturated carbocycles. The van der Waals surface area contributed by atoms with Crippen LogP contribution in [-0.4, -0.2) is 23.5 Å². The van der Waals surface area contributed by atoms with Crippen LogP contribution in [-0.2, 0) is 11.4 Å². The zero-order valence-corrected chi connectivity index (χ0v) is 21.2. The highest BCUT2D eigenvalue weighted by molar-refractivity contribution is 9.10. The molecule has 0 bridgehead atoms. The Labute approximate surface area is 219 Å². The second-order valence-electron chi connectivity index (χ2n) is 7.57.